The Morgan fingerprint density at radius 1 is 1.53 bits per heavy atom. The van der Waals surface area contributed by atoms with Crippen LogP contribution in [0.3, 0.4) is 0 Å². The lowest BCUT2D eigenvalue weighted by Gasteiger charge is -2.43. The smallest absolute Gasteiger partial charge is 0.304 e. The molecule has 1 aliphatic heterocycles. The van der Waals surface area contributed by atoms with Crippen LogP contribution in [0, 0.1) is 0 Å². The minimum absolute atomic E-state index is 0.0684. The quantitative estimate of drug-likeness (QED) is 0.880. The highest BCUT2D eigenvalue weighted by Gasteiger charge is 2.30. The number of nitrogens with zero attached hydrogens (tertiary/aromatic N) is 3. The van der Waals surface area contributed by atoms with Crippen molar-refractivity contribution < 1.29 is 9.90 Å². The second kappa shape index (κ2) is 6.12. The van der Waals surface area contributed by atoms with Gasteiger partial charge in [0.05, 0.1) is 6.42 Å². The van der Waals surface area contributed by atoms with Crippen LogP contribution in [0.4, 0.5) is 0 Å². The maximum atomic E-state index is 11.0. The van der Waals surface area contributed by atoms with Crippen molar-refractivity contribution in [3.63, 3.8) is 0 Å². The van der Waals surface area contributed by atoms with Crippen molar-refractivity contribution >= 4 is 5.97 Å². The molecule has 104 valence electrons. The Balaban J connectivity index is 2.07. The van der Waals surface area contributed by atoms with E-state index in [1.807, 2.05) is 18.3 Å². The topological polar surface area (TPSA) is 56.7 Å². The lowest BCUT2D eigenvalue weighted by atomic mass is 10.0. The standard InChI is InChI=1S/C14H21N3O2/c1-11-8-17(9-12-4-3-5-15-7-12)13(6-14(18)19)10-16(11)2/h3-5,7,11,13H,6,8-10H2,1-2H3,(H,18,19). The number of hydrogen-bond donors (Lipinski definition) is 1. The van der Waals surface area contributed by atoms with E-state index in [9.17, 15) is 4.79 Å². The first kappa shape index (κ1) is 14.0. The number of hydrogen-bond acceptors (Lipinski definition) is 4. The van der Waals surface area contributed by atoms with E-state index in [4.69, 9.17) is 5.11 Å². The van der Waals surface area contributed by atoms with Crippen LogP contribution >= 0.6 is 0 Å². The number of pyridine rings is 1. The molecule has 1 fully saturated rings. The molecule has 2 heterocycles. The summed E-state index contributed by atoms with van der Waals surface area (Å²) >= 11 is 0. The van der Waals surface area contributed by atoms with E-state index in [-0.39, 0.29) is 12.5 Å². The average Bonchev–Trinajstić information content (AvgIpc) is 2.36. The largest absolute Gasteiger partial charge is 0.481 e. The molecule has 1 aromatic heterocycles. The van der Waals surface area contributed by atoms with Gasteiger partial charge in [0.2, 0.25) is 0 Å². The number of piperazine rings is 1. The molecule has 0 aromatic carbocycles. The summed E-state index contributed by atoms with van der Waals surface area (Å²) in [6.45, 7) is 4.63. The van der Waals surface area contributed by atoms with Gasteiger partial charge < -0.3 is 10.0 Å². The summed E-state index contributed by atoms with van der Waals surface area (Å²) in [6.07, 6.45) is 3.79. The van der Waals surface area contributed by atoms with Crippen LogP contribution in [0.2, 0.25) is 0 Å². The Labute approximate surface area is 113 Å². The van der Waals surface area contributed by atoms with Gasteiger partial charge >= 0.3 is 5.97 Å². The zero-order valence-electron chi connectivity index (χ0n) is 11.5. The summed E-state index contributed by atoms with van der Waals surface area (Å²) in [5.74, 6) is -0.732. The maximum absolute atomic E-state index is 11.0. The predicted molar refractivity (Wildman–Crippen MR) is 72.8 cm³/mol. The van der Waals surface area contributed by atoms with Gasteiger partial charge in [0.25, 0.3) is 0 Å². The molecule has 5 nitrogen and oxygen atoms in total. The lowest BCUT2D eigenvalue weighted by Crippen LogP contribution is -2.56. The van der Waals surface area contributed by atoms with Gasteiger partial charge in [-0.3, -0.25) is 14.7 Å². The van der Waals surface area contributed by atoms with Crippen molar-refractivity contribution in [1.29, 1.82) is 0 Å². The molecule has 19 heavy (non-hydrogen) atoms. The molecule has 0 bridgehead atoms. The highest BCUT2D eigenvalue weighted by Crippen LogP contribution is 2.18. The first-order valence-corrected chi connectivity index (χ1v) is 6.61. The van der Waals surface area contributed by atoms with Gasteiger partial charge in [-0.05, 0) is 25.6 Å². The molecule has 2 unspecified atom stereocenters. The van der Waals surface area contributed by atoms with E-state index < -0.39 is 5.97 Å². The van der Waals surface area contributed by atoms with Gasteiger partial charge in [-0.1, -0.05) is 6.07 Å². The van der Waals surface area contributed by atoms with E-state index in [0.717, 1.165) is 25.2 Å². The molecule has 0 saturated carbocycles. The molecule has 0 radical (unpaired) electrons. The van der Waals surface area contributed by atoms with Crippen LogP contribution in [-0.4, -0.2) is 58.1 Å². The molecule has 1 saturated heterocycles. The molecular formula is C14H21N3O2. The van der Waals surface area contributed by atoms with Crippen molar-refractivity contribution in [3.8, 4) is 0 Å². The van der Waals surface area contributed by atoms with Crippen LogP contribution in [0.1, 0.15) is 18.9 Å². The second-order valence-corrected chi connectivity index (χ2v) is 5.33. The fraction of sp³-hybridized carbons (Fsp3) is 0.571. The number of rotatable bonds is 4. The molecule has 0 aliphatic carbocycles. The number of carboxylic acids is 1. The minimum atomic E-state index is -0.732. The van der Waals surface area contributed by atoms with Gasteiger partial charge in [0.15, 0.2) is 0 Å². The highest BCUT2D eigenvalue weighted by atomic mass is 16.4. The fourth-order valence-electron chi connectivity index (χ4n) is 2.57. The van der Waals surface area contributed by atoms with Crippen LogP contribution in [0.25, 0.3) is 0 Å². The summed E-state index contributed by atoms with van der Waals surface area (Å²) in [7, 11) is 2.06. The van der Waals surface area contributed by atoms with Crippen molar-refractivity contribution in [2.75, 3.05) is 20.1 Å². The number of aliphatic carboxylic acids is 1. The van der Waals surface area contributed by atoms with Crippen LogP contribution in [-0.2, 0) is 11.3 Å². The number of carboxylic acid groups (broad SMARTS) is 1. The Hall–Kier alpha value is -1.46. The predicted octanol–water partition coefficient (Wildman–Crippen LogP) is 1.06. The number of aromatic nitrogens is 1. The molecular weight excluding hydrogens is 242 g/mol. The summed E-state index contributed by atoms with van der Waals surface area (Å²) in [5.41, 5.74) is 1.13. The summed E-state index contributed by atoms with van der Waals surface area (Å²) in [6, 6.07) is 4.47. The van der Waals surface area contributed by atoms with E-state index in [1.54, 1.807) is 6.20 Å². The Kier molecular flexibility index (Phi) is 4.50. The first-order chi connectivity index (χ1) is 9.06. The molecule has 2 atom stereocenters. The molecule has 2 rings (SSSR count). The van der Waals surface area contributed by atoms with Crippen LogP contribution in [0.5, 0.6) is 0 Å². The van der Waals surface area contributed by atoms with Gasteiger partial charge in [-0.15, -0.1) is 0 Å². The number of carbonyl (C=O) groups is 1. The van der Waals surface area contributed by atoms with E-state index in [0.29, 0.717) is 6.04 Å². The first-order valence-electron chi connectivity index (χ1n) is 6.61. The van der Waals surface area contributed by atoms with Crippen molar-refractivity contribution in [1.82, 2.24) is 14.8 Å². The Morgan fingerprint density at radius 2 is 2.32 bits per heavy atom. The number of likely N-dealkylation sites (N-methyl/N-ethyl adjacent to an activating group) is 1. The molecule has 1 aromatic rings. The lowest BCUT2D eigenvalue weighted by molar-refractivity contribution is -0.139. The molecule has 0 spiro atoms. The van der Waals surface area contributed by atoms with Crippen molar-refractivity contribution in [2.24, 2.45) is 0 Å². The maximum Gasteiger partial charge on any atom is 0.304 e. The molecule has 0 amide bonds. The van der Waals surface area contributed by atoms with E-state index in [1.165, 1.54) is 0 Å². The zero-order chi connectivity index (χ0) is 13.8. The van der Waals surface area contributed by atoms with Gasteiger partial charge in [-0.2, -0.15) is 0 Å². The zero-order valence-corrected chi connectivity index (χ0v) is 11.5. The minimum Gasteiger partial charge on any atom is -0.481 e. The Morgan fingerprint density at radius 3 is 2.95 bits per heavy atom. The summed E-state index contributed by atoms with van der Waals surface area (Å²) in [4.78, 5) is 19.6. The van der Waals surface area contributed by atoms with Crippen molar-refractivity contribution in [3.05, 3.63) is 30.1 Å². The third kappa shape index (κ3) is 3.75. The fourth-order valence-corrected chi connectivity index (χ4v) is 2.57. The highest BCUT2D eigenvalue weighted by molar-refractivity contribution is 5.67. The van der Waals surface area contributed by atoms with Crippen molar-refractivity contribution in [2.45, 2.75) is 32.0 Å². The van der Waals surface area contributed by atoms with Gasteiger partial charge in [0.1, 0.15) is 0 Å². The summed E-state index contributed by atoms with van der Waals surface area (Å²) in [5, 5.41) is 9.04. The van der Waals surface area contributed by atoms with Gasteiger partial charge in [-0.25, -0.2) is 0 Å². The summed E-state index contributed by atoms with van der Waals surface area (Å²) < 4.78 is 0. The molecule has 1 N–H and O–H groups in total. The average molecular weight is 263 g/mol. The second-order valence-electron chi connectivity index (χ2n) is 5.33. The third-order valence-electron chi connectivity index (χ3n) is 3.79. The van der Waals surface area contributed by atoms with E-state index >= 15 is 0 Å². The molecule has 5 heteroatoms. The van der Waals surface area contributed by atoms with Gasteiger partial charge in [0, 0.05) is 44.1 Å². The van der Waals surface area contributed by atoms with Crippen LogP contribution < -0.4 is 0 Å². The molecule has 1 aliphatic rings. The normalized spacial score (nSPS) is 25.4. The SMILES string of the molecule is CC1CN(Cc2cccnc2)C(CC(=O)O)CN1C. The monoisotopic (exact) mass is 263 g/mol. The Bertz CT molecular complexity index is 424. The third-order valence-corrected chi connectivity index (χ3v) is 3.79. The van der Waals surface area contributed by atoms with E-state index in [2.05, 4.69) is 28.8 Å². The van der Waals surface area contributed by atoms with Crippen LogP contribution in [0.15, 0.2) is 24.5 Å².